The first-order chi connectivity index (χ1) is 6.56. The summed E-state index contributed by atoms with van der Waals surface area (Å²) in [6.45, 7) is 0. The average Bonchev–Trinajstić information content (AvgIpc) is 2.11. The molecule has 6 heteroatoms. The normalized spacial score (nSPS) is 11.3. The summed E-state index contributed by atoms with van der Waals surface area (Å²) < 4.78 is 0. The van der Waals surface area contributed by atoms with Gasteiger partial charge in [0.05, 0.1) is 17.5 Å². The minimum atomic E-state index is -0.573. The lowest BCUT2D eigenvalue weighted by molar-refractivity contribution is 0.462. The van der Waals surface area contributed by atoms with Crippen LogP contribution < -0.4 is 5.73 Å². The molecule has 15 heavy (non-hydrogen) atoms. The third-order valence-electron chi connectivity index (χ3n) is 1.77. The van der Waals surface area contributed by atoms with Crippen LogP contribution in [-0.4, -0.2) is 5.11 Å². The smallest absolute Gasteiger partial charge is 0.139 e. The number of aromatic hydroxyl groups is 1. The van der Waals surface area contributed by atoms with E-state index in [4.69, 9.17) is 34.2 Å². The molecule has 1 aromatic rings. The van der Waals surface area contributed by atoms with Crippen LogP contribution in [-0.2, 0) is 0 Å². The molecule has 3 N–H and O–H groups in total. The predicted octanol–water partition coefficient (Wildman–Crippen LogP) is 3.03. The van der Waals surface area contributed by atoms with Crippen LogP contribution in [0.2, 0.25) is 10.0 Å². The largest absolute Gasteiger partial charge is 0.506 e. The molecular weight excluding hydrogens is 258 g/mol. The Morgan fingerprint density at radius 1 is 1.47 bits per heavy atom. The first kappa shape index (κ1) is 14.3. The van der Waals surface area contributed by atoms with Crippen molar-refractivity contribution in [3.05, 3.63) is 27.7 Å². The van der Waals surface area contributed by atoms with Gasteiger partial charge in [-0.25, -0.2) is 0 Å². The zero-order valence-electron chi connectivity index (χ0n) is 7.58. The van der Waals surface area contributed by atoms with Crippen molar-refractivity contribution < 1.29 is 5.11 Å². The van der Waals surface area contributed by atoms with E-state index < -0.39 is 6.04 Å². The molecule has 3 nitrogen and oxygen atoms in total. The molecule has 82 valence electrons. The molecule has 0 saturated carbocycles. The monoisotopic (exact) mass is 266 g/mol. The second-order valence-corrected chi connectivity index (χ2v) is 3.64. The van der Waals surface area contributed by atoms with Crippen LogP contribution in [0.5, 0.6) is 5.75 Å². The minimum Gasteiger partial charge on any atom is -0.506 e. The van der Waals surface area contributed by atoms with E-state index in [2.05, 4.69) is 0 Å². The van der Waals surface area contributed by atoms with Crippen LogP contribution in [0, 0.1) is 11.3 Å². The quantitative estimate of drug-likeness (QED) is 0.865. The van der Waals surface area contributed by atoms with Gasteiger partial charge in [-0.05, 0) is 12.1 Å². The van der Waals surface area contributed by atoms with Crippen molar-refractivity contribution in [2.24, 2.45) is 5.73 Å². The first-order valence-electron chi connectivity index (χ1n) is 3.86. The van der Waals surface area contributed by atoms with Gasteiger partial charge in [0.1, 0.15) is 5.75 Å². The highest BCUT2D eigenvalue weighted by atomic mass is 35.5. The van der Waals surface area contributed by atoms with E-state index in [9.17, 15) is 5.11 Å². The Balaban J connectivity index is 0.00000196. The number of nitriles is 1. The lowest BCUT2D eigenvalue weighted by Gasteiger charge is -2.11. The number of nitrogens with zero attached hydrogens (tertiary/aromatic N) is 1. The molecule has 0 unspecified atom stereocenters. The molecule has 0 aliphatic rings. The number of hydrogen-bond donors (Lipinski definition) is 2. The highest BCUT2D eigenvalue weighted by Crippen LogP contribution is 2.34. The Hall–Kier alpha value is -0.660. The summed E-state index contributed by atoms with van der Waals surface area (Å²) in [5.74, 6) is -0.112. The molecule has 0 fully saturated rings. The highest BCUT2D eigenvalue weighted by molar-refractivity contribution is 6.35. The molecule has 0 aromatic heterocycles. The first-order valence-corrected chi connectivity index (χ1v) is 4.62. The Labute approximate surface area is 104 Å². The third kappa shape index (κ3) is 3.44. The van der Waals surface area contributed by atoms with Gasteiger partial charge in [-0.15, -0.1) is 12.4 Å². The summed E-state index contributed by atoms with van der Waals surface area (Å²) >= 11 is 11.4. The fourth-order valence-corrected chi connectivity index (χ4v) is 1.59. The van der Waals surface area contributed by atoms with E-state index in [1.807, 2.05) is 6.07 Å². The van der Waals surface area contributed by atoms with Crippen molar-refractivity contribution in [3.8, 4) is 11.8 Å². The van der Waals surface area contributed by atoms with Crippen LogP contribution in [0.25, 0.3) is 0 Å². The molecule has 0 spiro atoms. The minimum absolute atomic E-state index is 0. The van der Waals surface area contributed by atoms with Gasteiger partial charge < -0.3 is 10.8 Å². The van der Waals surface area contributed by atoms with Gasteiger partial charge in [-0.2, -0.15) is 5.26 Å². The Bertz CT molecular complexity index is 390. The van der Waals surface area contributed by atoms with E-state index in [1.54, 1.807) is 0 Å². The number of phenolic OH excluding ortho intramolecular Hbond substituents is 1. The molecule has 0 aliphatic carbocycles. The zero-order valence-corrected chi connectivity index (χ0v) is 9.90. The predicted molar refractivity (Wildman–Crippen MR) is 62.5 cm³/mol. The number of halogens is 3. The maximum atomic E-state index is 9.54. The number of phenols is 1. The Morgan fingerprint density at radius 2 is 2.07 bits per heavy atom. The summed E-state index contributed by atoms with van der Waals surface area (Å²) in [5.41, 5.74) is 6.04. The lowest BCUT2D eigenvalue weighted by Crippen LogP contribution is -2.09. The van der Waals surface area contributed by atoms with Crippen molar-refractivity contribution in [1.29, 1.82) is 5.26 Å². The molecule has 1 aromatic carbocycles. The second kappa shape index (κ2) is 6.04. The third-order valence-corrected chi connectivity index (χ3v) is 2.27. The van der Waals surface area contributed by atoms with Crippen LogP contribution in [0.4, 0.5) is 0 Å². The number of hydrogen-bond acceptors (Lipinski definition) is 3. The molecule has 0 heterocycles. The van der Waals surface area contributed by atoms with Crippen LogP contribution in [0.3, 0.4) is 0 Å². The molecule has 0 amide bonds. The molecular formula is C9H9Cl3N2O. The van der Waals surface area contributed by atoms with Gasteiger partial charge in [-0.1, -0.05) is 23.2 Å². The van der Waals surface area contributed by atoms with Crippen LogP contribution in [0.15, 0.2) is 12.1 Å². The van der Waals surface area contributed by atoms with E-state index in [1.165, 1.54) is 12.1 Å². The standard InChI is InChI=1S/C9H8Cl2N2O.ClH/c10-5-3-6(8(13)1-2-12)9(14)7(11)4-5;/h3-4,8,14H,1,13H2;1H/t8-;/m1./s1. The fraction of sp³-hybridized carbons (Fsp3) is 0.222. The number of rotatable bonds is 2. The molecule has 0 bridgehead atoms. The van der Waals surface area contributed by atoms with Crippen LogP contribution in [0.1, 0.15) is 18.0 Å². The lowest BCUT2D eigenvalue weighted by atomic mass is 10.0. The molecule has 1 atom stereocenters. The molecule has 0 saturated heterocycles. The summed E-state index contributed by atoms with van der Waals surface area (Å²) in [5, 5.41) is 18.5. The SMILES string of the molecule is Cl.N#CC[C@@H](N)c1cc(Cl)cc(Cl)c1O. The maximum absolute atomic E-state index is 9.54. The van der Waals surface area contributed by atoms with Gasteiger partial charge in [0.2, 0.25) is 0 Å². The van der Waals surface area contributed by atoms with Gasteiger partial charge in [-0.3, -0.25) is 0 Å². The van der Waals surface area contributed by atoms with Crippen molar-refractivity contribution in [2.45, 2.75) is 12.5 Å². The average molecular weight is 268 g/mol. The Morgan fingerprint density at radius 3 is 2.60 bits per heavy atom. The van der Waals surface area contributed by atoms with Gasteiger partial charge in [0.15, 0.2) is 0 Å². The topological polar surface area (TPSA) is 70.0 Å². The fourth-order valence-electron chi connectivity index (χ4n) is 1.08. The van der Waals surface area contributed by atoms with Crippen molar-refractivity contribution in [2.75, 3.05) is 0 Å². The summed E-state index contributed by atoms with van der Waals surface area (Å²) in [6.07, 6.45) is 0.101. The second-order valence-electron chi connectivity index (χ2n) is 2.79. The van der Waals surface area contributed by atoms with E-state index in [-0.39, 0.29) is 29.6 Å². The molecule has 0 aliphatic heterocycles. The number of nitrogens with two attached hydrogens (primary N) is 1. The van der Waals surface area contributed by atoms with Crippen LogP contribution >= 0.6 is 35.6 Å². The van der Waals surface area contributed by atoms with Gasteiger partial charge >= 0.3 is 0 Å². The summed E-state index contributed by atoms with van der Waals surface area (Å²) in [4.78, 5) is 0. The van der Waals surface area contributed by atoms with Gasteiger partial charge in [0, 0.05) is 16.6 Å². The van der Waals surface area contributed by atoms with E-state index in [0.29, 0.717) is 10.6 Å². The zero-order chi connectivity index (χ0) is 10.7. The molecule has 0 radical (unpaired) electrons. The van der Waals surface area contributed by atoms with E-state index >= 15 is 0 Å². The van der Waals surface area contributed by atoms with Gasteiger partial charge in [0.25, 0.3) is 0 Å². The summed E-state index contributed by atoms with van der Waals surface area (Å²) in [6, 6.07) is 4.26. The van der Waals surface area contributed by atoms with Crippen molar-refractivity contribution >= 4 is 35.6 Å². The van der Waals surface area contributed by atoms with Crippen molar-refractivity contribution in [1.82, 2.24) is 0 Å². The Kier molecular flexibility index (Phi) is 5.77. The molecule has 1 rings (SSSR count). The summed E-state index contributed by atoms with van der Waals surface area (Å²) in [7, 11) is 0. The maximum Gasteiger partial charge on any atom is 0.139 e. The van der Waals surface area contributed by atoms with E-state index in [0.717, 1.165) is 0 Å². The number of benzene rings is 1. The highest BCUT2D eigenvalue weighted by Gasteiger charge is 2.14. The van der Waals surface area contributed by atoms with Crippen molar-refractivity contribution in [3.63, 3.8) is 0 Å².